The number of carbonyl (C=O) groups is 5. The molecule has 0 radical (unpaired) electrons. The second kappa shape index (κ2) is 14.4. The third-order valence-corrected chi connectivity index (χ3v) is 4.74. The fourth-order valence-electron chi connectivity index (χ4n) is 2.92. The fourth-order valence-corrected chi connectivity index (χ4v) is 2.92. The molecular formula is C21H31N5O8. The molecule has 0 spiro atoms. The number of nitrogens with two attached hydrogens (primary N) is 2. The van der Waals surface area contributed by atoms with Crippen molar-refractivity contribution < 1.29 is 39.3 Å². The highest BCUT2D eigenvalue weighted by Gasteiger charge is 2.26. The molecule has 0 aliphatic rings. The van der Waals surface area contributed by atoms with Gasteiger partial charge in [0.2, 0.25) is 17.7 Å². The number of hydrogen-bond donors (Lipinski definition) is 8. The molecule has 0 aliphatic carbocycles. The third-order valence-electron chi connectivity index (χ3n) is 4.74. The van der Waals surface area contributed by atoms with Gasteiger partial charge in [0.1, 0.15) is 17.8 Å². The number of nitrogens with one attached hydrogen (secondary N) is 3. The van der Waals surface area contributed by atoms with Crippen molar-refractivity contribution in [1.29, 1.82) is 0 Å². The summed E-state index contributed by atoms with van der Waals surface area (Å²) in [4.78, 5) is 59.1. The molecule has 1 aromatic rings. The van der Waals surface area contributed by atoms with E-state index in [2.05, 4.69) is 16.0 Å². The van der Waals surface area contributed by atoms with Crippen molar-refractivity contribution >= 4 is 29.7 Å². The quantitative estimate of drug-likeness (QED) is 0.129. The summed E-state index contributed by atoms with van der Waals surface area (Å²) in [7, 11) is 0. The molecule has 0 bridgehead atoms. The molecule has 0 saturated carbocycles. The van der Waals surface area contributed by atoms with Crippen LogP contribution < -0.4 is 27.4 Å². The van der Waals surface area contributed by atoms with Crippen molar-refractivity contribution in [2.75, 3.05) is 13.1 Å². The molecule has 13 heteroatoms. The largest absolute Gasteiger partial charge is 0.508 e. The number of aliphatic carboxylic acids is 2. The third kappa shape index (κ3) is 10.7. The van der Waals surface area contributed by atoms with Crippen LogP contribution in [0.5, 0.6) is 5.75 Å². The molecule has 13 nitrogen and oxygen atoms in total. The lowest BCUT2D eigenvalue weighted by molar-refractivity contribution is -0.141. The molecule has 0 fully saturated rings. The number of amides is 3. The van der Waals surface area contributed by atoms with Crippen LogP contribution in [0.1, 0.15) is 31.2 Å². The van der Waals surface area contributed by atoms with Crippen molar-refractivity contribution in [2.24, 2.45) is 11.5 Å². The summed E-state index contributed by atoms with van der Waals surface area (Å²) >= 11 is 0. The summed E-state index contributed by atoms with van der Waals surface area (Å²) in [5.74, 6) is -4.86. The number of unbranched alkanes of at least 4 members (excludes halogenated alkanes) is 1. The molecule has 1 rings (SSSR count). The second-order valence-corrected chi connectivity index (χ2v) is 7.60. The van der Waals surface area contributed by atoms with Crippen molar-refractivity contribution in [2.45, 2.75) is 50.2 Å². The Labute approximate surface area is 195 Å². The molecule has 0 aliphatic heterocycles. The van der Waals surface area contributed by atoms with Crippen LogP contribution in [-0.4, -0.2) is 76.2 Å². The minimum Gasteiger partial charge on any atom is -0.508 e. The van der Waals surface area contributed by atoms with Gasteiger partial charge in [-0.1, -0.05) is 12.1 Å². The predicted octanol–water partition coefficient (Wildman–Crippen LogP) is -1.96. The van der Waals surface area contributed by atoms with E-state index in [1.807, 2.05) is 0 Å². The molecule has 3 amide bonds. The average molecular weight is 482 g/mol. The van der Waals surface area contributed by atoms with E-state index < -0.39 is 60.8 Å². The van der Waals surface area contributed by atoms with E-state index in [0.717, 1.165) is 0 Å². The highest BCUT2D eigenvalue weighted by molar-refractivity contribution is 5.93. The summed E-state index contributed by atoms with van der Waals surface area (Å²) < 4.78 is 0. The number of carboxylic acids is 2. The zero-order valence-corrected chi connectivity index (χ0v) is 18.5. The maximum atomic E-state index is 12.5. The Balaban J connectivity index is 2.68. The number of phenolic OH excluding ortho intramolecular Hbond substituents is 1. The van der Waals surface area contributed by atoms with E-state index in [9.17, 15) is 34.2 Å². The Kier molecular flexibility index (Phi) is 12.0. The zero-order valence-electron chi connectivity index (χ0n) is 18.5. The van der Waals surface area contributed by atoms with Crippen LogP contribution in [0.3, 0.4) is 0 Å². The molecule has 1 aromatic carbocycles. The Bertz CT molecular complexity index is 861. The number of aromatic hydroxyl groups is 1. The van der Waals surface area contributed by atoms with Gasteiger partial charge in [-0.05, 0) is 43.5 Å². The highest BCUT2D eigenvalue weighted by atomic mass is 16.4. The van der Waals surface area contributed by atoms with Crippen molar-refractivity contribution in [1.82, 2.24) is 16.0 Å². The van der Waals surface area contributed by atoms with Crippen LogP contribution in [0.15, 0.2) is 24.3 Å². The van der Waals surface area contributed by atoms with Crippen LogP contribution in [0.4, 0.5) is 0 Å². The van der Waals surface area contributed by atoms with Gasteiger partial charge in [0.25, 0.3) is 0 Å². The topological polar surface area (TPSA) is 234 Å². The molecule has 3 atom stereocenters. The van der Waals surface area contributed by atoms with E-state index in [1.165, 1.54) is 24.3 Å². The normalized spacial score (nSPS) is 13.2. The number of benzene rings is 1. The molecule has 188 valence electrons. The van der Waals surface area contributed by atoms with E-state index in [4.69, 9.17) is 16.6 Å². The minimum atomic E-state index is -1.36. The first kappa shape index (κ1) is 28.3. The van der Waals surface area contributed by atoms with Crippen molar-refractivity contribution in [3.8, 4) is 5.75 Å². The number of hydrogen-bond acceptors (Lipinski definition) is 8. The van der Waals surface area contributed by atoms with Gasteiger partial charge < -0.3 is 42.7 Å². The Morgan fingerprint density at radius 2 is 1.56 bits per heavy atom. The Morgan fingerprint density at radius 3 is 2.12 bits per heavy atom. The van der Waals surface area contributed by atoms with Gasteiger partial charge in [-0.15, -0.1) is 0 Å². The van der Waals surface area contributed by atoms with Crippen LogP contribution in [0.2, 0.25) is 0 Å². The summed E-state index contributed by atoms with van der Waals surface area (Å²) in [5.41, 5.74) is 11.5. The fraction of sp³-hybridized carbons (Fsp3) is 0.476. The Morgan fingerprint density at radius 1 is 0.912 bits per heavy atom. The van der Waals surface area contributed by atoms with E-state index in [0.29, 0.717) is 24.9 Å². The lowest BCUT2D eigenvalue weighted by Crippen LogP contribution is -2.53. The van der Waals surface area contributed by atoms with Gasteiger partial charge in [-0.2, -0.15) is 0 Å². The summed E-state index contributed by atoms with van der Waals surface area (Å²) in [6.07, 6.45) is 0.550. The van der Waals surface area contributed by atoms with Crippen molar-refractivity contribution in [3.63, 3.8) is 0 Å². The standard InChI is InChI=1S/C21H31N5O8/c22-8-2-1-3-15(26-19(31)14(23)10-18(29)30)20(32)24-11-17(28)25-16(21(33)34)9-12-4-6-13(27)7-5-12/h4-7,14-16,27H,1-3,8-11,22-23H2,(H,24,32)(H,25,28)(H,26,31)(H,29,30)(H,33,34). The smallest absolute Gasteiger partial charge is 0.326 e. The van der Waals surface area contributed by atoms with Gasteiger partial charge in [0, 0.05) is 6.42 Å². The molecule has 0 heterocycles. The zero-order chi connectivity index (χ0) is 25.7. The first-order valence-corrected chi connectivity index (χ1v) is 10.6. The number of rotatable bonds is 15. The number of carboxylic acid groups (broad SMARTS) is 2. The molecule has 0 aromatic heterocycles. The van der Waals surface area contributed by atoms with Crippen LogP contribution in [0.25, 0.3) is 0 Å². The summed E-state index contributed by atoms with van der Waals surface area (Å²) in [6, 6.07) is 2.09. The monoisotopic (exact) mass is 481 g/mol. The maximum Gasteiger partial charge on any atom is 0.326 e. The molecule has 0 saturated heterocycles. The van der Waals surface area contributed by atoms with Crippen molar-refractivity contribution in [3.05, 3.63) is 29.8 Å². The molecule has 34 heavy (non-hydrogen) atoms. The average Bonchev–Trinajstić information content (AvgIpc) is 2.77. The Hall–Kier alpha value is -3.71. The lowest BCUT2D eigenvalue weighted by atomic mass is 10.1. The van der Waals surface area contributed by atoms with Gasteiger partial charge in [0.05, 0.1) is 19.0 Å². The summed E-state index contributed by atoms with van der Waals surface area (Å²) in [5, 5.41) is 34.5. The van der Waals surface area contributed by atoms with E-state index >= 15 is 0 Å². The van der Waals surface area contributed by atoms with E-state index in [1.54, 1.807) is 0 Å². The molecular weight excluding hydrogens is 450 g/mol. The predicted molar refractivity (Wildman–Crippen MR) is 119 cm³/mol. The first-order chi connectivity index (χ1) is 16.0. The van der Waals surface area contributed by atoms with Crippen LogP contribution in [-0.2, 0) is 30.4 Å². The number of phenols is 1. The molecule has 3 unspecified atom stereocenters. The lowest BCUT2D eigenvalue weighted by Gasteiger charge is -2.20. The number of carbonyl (C=O) groups excluding carboxylic acids is 3. The van der Waals surface area contributed by atoms with Crippen LogP contribution in [0, 0.1) is 0 Å². The van der Waals surface area contributed by atoms with E-state index in [-0.39, 0.29) is 18.6 Å². The van der Waals surface area contributed by atoms with Crippen LogP contribution >= 0.6 is 0 Å². The van der Waals surface area contributed by atoms with Gasteiger partial charge in [-0.3, -0.25) is 19.2 Å². The molecule has 10 N–H and O–H groups in total. The van der Waals surface area contributed by atoms with Gasteiger partial charge >= 0.3 is 11.9 Å². The minimum absolute atomic E-state index is 0.0133. The first-order valence-electron chi connectivity index (χ1n) is 10.6. The summed E-state index contributed by atoms with van der Waals surface area (Å²) in [6.45, 7) is -0.191. The highest BCUT2D eigenvalue weighted by Crippen LogP contribution is 2.11. The van der Waals surface area contributed by atoms with Gasteiger partial charge in [-0.25, -0.2) is 4.79 Å². The SMILES string of the molecule is NCCCCC(NC(=O)C(N)CC(=O)O)C(=O)NCC(=O)NC(Cc1ccc(O)cc1)C(=O)O. The second-order valence-electron chi connectivity index (χ2n) is 7.60. The van der Waals surface area contributed by atoms with Gasteiger partial charge in [0.15, 0.2) is 0 Å². The maximum absolute atomic E-state index is 12.5.